The lowest BCUT2D eigenvalue weighted by Crippen LogP contribution is -2.39. The molecule has 1 aliphatic heterocycles. The van der Waals surface area contributed by atoms with Crippen LogP contribution in [0.2, 0.25) is 0 Å². The molecule has 0 fully saturated rings. The van der Waals surface area contributed by atoms with E-state index in [2.05, 4.69) is 27.5 Å². The molecule has 0 aliphatic carbocycles. The molecule has 0 radical (unpaired) electrons. The minimum absolute atomic E-state index is 0.226. The number of esters is 1. The minimum atomic E-state index is -0.644. The van der Waals surface area contributed by atoms with E-state index in [1.807, 2.05) is 37.3 Å². The maximum Gasteiger partial charge on any atom is 0.338 e. The van der Waals surface area contributed by atoms with Crippen molar-refractivity contribution < 1.29 is 19.0 Å². The van der Waals surface area contributed by atoms with Gasteiger partial charge in [0.25, 0.3) is 5.56 Å². The first-order valence-electron chi connectivity index (χ1n) is 11.7. The largest absolute Gasteiger partial charge is 0.493 e. The predicted octanol–water partition coefficient (Wildman–Crippen LogP) is 4.44. The Kier molecular flexibility index (Phi) is 8.14. The molecule has 3 aromatic rings. The molecule has 4 rings (SSSR count). The summed E-state index contributed by atoms with van der Waals surface area (Å²) in [6, 6.07) is 10.8. The van der Waals surface area contributed by atoms with Gasteiger partial charge in [-0.05, 0) is 66.0 Å². The summed E-state index contributed by atoms with van der Waals surface area (Å²) in [5, 5.41) is 0. The number of fused-ring (bicyclic) bond motifs is 1. The Morgan fingerprint density at radius 2 is 1.97 bits per heavy atom. The maximum absolute atomic E-state index is 13.8. The number of carbonyl (C=O) groups is 1. The number of methoxy groups -OCH3 is 1. The van der Waals surface area contributed by atoms with Gasteiger partial charge in [-0.1, -0.05) is 53.8 Å². The Bertz CT molecular complexity index is 1570. The average Bonchev–Trinajstić information content (AvgIpc) is 3.17. The van der Waals surface area contributed by atoms with Crippen LogP contribution in [-0.4, -0.2) is 30.9 Å². The van der Waals surface area contributed by atoms with Crippen LogP contribution in [0.15, 0.2) is 74.6 Å². The number of halogens is 1. The molecule has 1 aromatic heterocycles. The standard InChI is InChI=1S/C28H27BrN2O5S/c1-6-12-36-25-20(29)13-18(14-21(25)34-5)15-22-26(32)31-24(19-10-8-16(3)9-11-19)23(27(33)35-7-2)17(4)30-28(31)37-22/h6,8-11,13-15,24H,1,7,12H2,2-5H3/b22-15-/t24-/m0/s1. The zero-order valence-electron chi connectivity index (χ0n) is 21.0. The lowest BCUT2D eigenvalue weighted by atomic mass is 9.95. The van der Waals surface area contributed by atoms with Gasteiger partial charge in [0, 0.05) is 0 Å². The second kappa shape index (κ2) is 11.3. The number of ether oxygens (including phenoxy) is 3. The zero-order valence-corrected chi connectivity index (χ0v) is 23.4. The summed E-state index contributed by atoms with van der Waals surface area (Å²) in [5.41, 5.74) is 3.28. The van der Waals surface area contributed by atoms with Gasteiger partial charge in [0.2, 0.25) is 0 Å². The van der Waals surface area contributed by atoms with Gasteiger partial charge in [-0.3, -0.25) is 9.36 Å². The predicted molar refractivity (Wildman–Crippen MR) is 148 cm³/mol. The fourth-order valence-electron chi connectivity index (χ4n) is 4.11. The fourth-order valence-corrected chi connectivity index (χ4v) is 5.73. The Hall–Kier alpha value is -3.43. The van der Waals surface area contributed by atoms with Crippen LogP contribution in [0.3, 0.4) is 0 Å². The van der Waals surface area contributed by atoms with E-state index in [4.69, 9.17) is 14.2 Å². The molecule has 0 saturated heterocycles. The smallest absolute Gasteiger partial charge is 0.338 e. The molecule has 0 saturated carbocycles. The van der Waals surface area contributed by atoms with Crippen molar-refractivity contribution in [3.05, 3.63) is 101 Å². The summed E-state index contributed by atoms with van der Waals surface area (Å²) in [4.78, 5) is 31.9. The first-order chi connectivity index (χ1) is 17.8. The summed E-state index contributed by atoms with van der Waals surface area (Å²) in [5.74, 6) is 0.593. The third-order valence-corrected chi connectivity index (χ3v) is 7.38. The SMILES string of the molecule is C=CCOc1c(Br)cc(/C=c2\sc3n(c2=O)[C@@H](c2ccc(C)cc2)C(C(=O)OCC)=C(C)N=3)cc1OC. The average molecular weight is 584 g/mol. The number of aromatic nitrogens is 1. The number of nitrogens with zero attached hydrogens (tertiary/aromatic N) is 2. The van der Waals surface area contributed by atoms with Crippen molar-refractivity contribution in [3.63, 3.8) is 0 Å². The zero-order chi connectivity index (χ0) is 26.7. The van der Waals surface area contributed by atoms with Gasteiger partial charge in [0.05, 0.1) is 40.0 Å². The quantitative estimate of drug-likeness (QED) is 0.290. The van der Waals surface area contributed by atoms with E-state index in [0.717, 1.165) is 16.7 Å². The highest BCUT2D eigenvalue weighted by molar-refractivity contribution is 9.10. The first kappa shape index (κ1) is 26.6. The molecule has 1 aliphatic rings. The second-order valence-corrected chi connectivity index (χ2v) is 10.2. The van der Waals surface area contributed by atoms with Crippen molar-refractivity contribution in [2.75, 3.05) is 20.3 Å². The van der Waals surface area contributed by atoms with Crippen LogP contribution < -0.4 is 24.4 Å². The van der Waals surface area contributed by atoms with Crippen LogP contribution in [-0.2, 0) is 9.53 Å². The summed E-state index contributed by atoms with van der Waals surface area (Å²) in [6.07, 6.45) is 3.43. The topological polar surface area (TPSA) is 79.1 Å². The highest BCUT2D eigenvalue weighted by atomic mass is 79.9. The molecule has 192 valence electrons. The highest BCUT2D eigenvalue weighted by Gasteiger charge is 2.33. The highest BCUT2D eigenvalue weighted by Crippen LogP contribution is 2.37. The van der Waals surface area contributed by atoms with Crippen LogP contribution in [0.5, 0.6) is 11.5 Å². The van der Waals surface area contributed by atoms with Crippen molar-refractivity contribution >= 4 is 39.3 Å². The molecular formula is C28H27BrN2O5S. The Morgan fingerprint density at radius 1 is 1.24 bits per heavy atom. The number of hydrogen-bond donors (Lipinski definition) is 0. The number of carbonyl (C=O) groups excluding carboxylic acids is 1. The molecule has 9 heteroatoms. The molecule has 37 heavy (non-hydrogen) atoms. The molecule has 0 spiro atoms. The molecule has 0 bridgehead atoms. The molecule has 2 heterocycles. The molecule has 0 amide bonds. The van der Waals surface area contributed by atoms with E-state index in [-0.39, 0.29) is 12.2 Å². The lowest BCUT2D eigenvalue weighted by Gasteiger charge is -2.24. The number of benzene rings is 2. The van der Waals surface area contributed by atoms with E-state index in [1.54, 1.807) is 43.7 Å². The van der Waals surface area contributed by atoms with Crippen molar-refractivity contribution in [2.45, 2.75) is 26.8 Å². The summed E-state index contributed by atoms with van der Waals surface area (Å²) in [7, 11) is 1.56. The number of thiazole rings is 1. The van der Waals surface area contributed by atoms with E-state index < -0.39 is 12.0 Å². The monoisotopic (exact) mass is 582 g/mol. The number of aryl methyl sites for hydroxylation is 1. The molecular weight excluding hydrogens is 556 g/mol. The third kappa shape index (κ3) is 5.33. The van der Waals surface area contributed by atoms with Crippen LogP contribution >= 0.6 is 27.3 Å². The summed E-state index contributed by atoms with van der Waals surface area (Å²) in [6.45, 7) is 9.74. The van der Waals surface area contributed by atoms with E-state index in [9.17, 15) is 9.59 Å². The van der Waals surface area contributed by atoms with E-state index >= 15 is 0 Å². The van der Waals surface area contributed by atoms with Crippen LogP contribution in [0.1, 0.15) is 36.6 Å². The van der Waals surface area contributed by atoms with E-state index in [0.29, 0.717) is 43.2 Å². The van der Waals surface area contributed by atoms with Gasteiger partial charge in [0.1, 0.15) is 6.61 Å². The minimum Gasteiger partial charge on any atom is -0.493 e. The van der Waals surface area contributed by atoms with Crippen molar-refractivity contribution in [1.29, 1.82) is 0 Å². The number of rotatable bonds is 8. The summed E-state index contributed by atoms with van der Waals surface area (Å²) >= 11 is 4.80. The number of allylic oxidation sites excluding steroid dienone is 1. The lowest BCUT2D eigenvalue weighted by molar-refractivity contribution is -0.139. The van der Waals surface area contributed by atoms with Crippen LogP contribution in [0.4, 0.5) is 0 Å². The van der Waals surface area contributed by atoms with Crippen molar-refractivity contribution in [3.8, 4) is 11.5 Å². The molecule has 0 unspecified atom stereocenters. The number of hydrogen-bond acceptors (Lipinski definition) is 7. The van der Waals surface area contributed by atoms with Gasteiger partial charge in [0.15, 0.2) is 16.3 Å². The third-order valence-electron chi connectivity index (χ3n) is 5.81. The summed E-state index contributed by atoms with van der Waals surface area (Å²) < 4.78 is 19.3. The van der Waals surface area contributed by atoms with Crippen molar-refractivity contribution in [2.24, 2.45) is 4.99 Å². The van der Waals surface area contributed by atoms with Gasteiger partial charge in [-0.15, -0.1) is 0 Å². The van der Waals surface area contributed by atoms with Gasteiger partial charge in [-0.25, -0.2) is 9.79 Å². The molecule has 7 nitrogen and oxygen atoms in total. The Labute approximate surface area is 227 Å². The fraction of sp³-hybridized carbons (Fsp3) is 0.250. The van der Waals surface area contributed by atoms with Crippen LogP contribution in [0.25, 0.3) is 6.08 Å². The van der Waals surface area contributed by atoms with Gasteiger partial charge in [-0.2, -0.15) is 0 Å². The van der Waals surface area contributed by atoms with E-state index in [1.165, 1.54) is 11.3 Å². The molecule has 0 N–H and O–H groups in total. The molecule has 1 atom stereocenters. The first-order valence-corrected chi connectivity index (χ1v) is 13.3. The van der Waals surface area contributed by atoms with Gasteiger partial charge < -0.3 is 14.2 Å². The maximum atomic E-state index is 13.8. The van der Waals surface area contributed by atoms with Crippen molar-refractivity contribution in [1.82, 2.24) is 4.57 Å². The second-order valence-electron chi connectivity index (χ2n) is 8.35. The van der Waals surface area contributed by atoms with Crippen LogP contribution in [0, 0.1) is 6.92 Å². The normalized spacial score (nSPS) is 15.2. The van der Waals surface area contributed by atoms with Gasteiger partial charge >= 0.3 is 5.97 Å². The Balaban J connectivity index is 1.90. The molecule has 2 aromatic carbocycles. The Morgan fingerprint density at radius 3 is 2.62 bits per heavy atom.